The van der Waals surface area contributed by atoms with Gasteiger partial charge in [-0.25, -0.2) is 0 Å². The van der Waals surface area contributed by atoms with Gasteiger partial charge in [-0.3, -0.25) is 14.4 Å². The van der Waals surface area contributed by atoms with E-state index in [0.29, 0.717) is 32.4 Å². The summed E-state index contributed by atoms with van der Waals surface area (Å²) in [5.74, 6) is -1.34. The first-order valence-corrected chi connectivity index (χ1v) is 14.5. The van der Waals surface area contributed by atoms with E-state index in [1.54, 1.807) is 16.7 Å². The van der Waals surface area contributed by atoms with Gasteiger partial charge in [0, 0.05) is 35.8 Å². The molecule has 4 rings (SSSR count). The van der Waals surface area contributed by atoms with Crippen molar-refractivity contribution in [3.05, 3.63) is 35.9 Å². The lowest BCUT2D eigenvalue weighted by atomic mass is 9.70. The number of benzene rings is 1. The lowest BCUT2D eigenvalue weighted by molar-refractivity contribution is -0.140. The van der Waals surface area contributed by atoms with E-state index in [9.17, 15) is 19.5 Å². The lowest BCUT2D eigenvalue weighted by Gasteiger charge is -2.36. The molecule has 3 fully saturated rings. The molecule has 0 saturated carbocycles. The molecule has 7 atom stereocenters. The Kier molecular flexibility index (Phi) is 8.49. The van der Waals surface area contributed by atoms with Gasteiger partial charge in [-0.05, 0) is 38.2 Å². The maximum Gasteiger partial charge on any atom is 0.244 e. The maximum absolute atomic E-state index is 13.9. The molecule has 3 aliphatic heterocycles. The summed E-state index contributed by atoms with van der Waals surface area (Å²) in [6.07, 6.45) is 3.70. The summed E-state index contributed by atoms with van der Waals surface area (Å²) < 4.78 is -0.625. The van der Waals surface area contributed by atoms with Crippen LogP contribution in [0, 0.1) is 11.8 Å². The molecule has 3 heterocycles. The molecule has 3 amide bonds. The molecule has 0 aromatic heterocycles. The fourth-order valence-electron chi connectivity index (χ4n) is 6.09. The van der Waals surface area contributed by atoms with Gasteiger partial charge in [-0.15, -0.1) is 11.8 Å². The number of aliphatic hydroxyl groups excluding tert-OH is 1. The van der Waals surface area contributed by atoms with Crippen LogP contribution in [0.1, 0.15) is 51.5 Å². The van der Waals surface area contributed by atoms with Crippen LogP contribution in [0.5, 0.6) is 0 Å². The number of likely N-dealkylation sites (tertiary alicyclic amines) is 1. The molecule has 9 heteroatoms. The number of hydrogen-bond acceptors (Lipinski definition) is 5. The van der Waals surface area contributed by atoms with Crippen molar-refractivity contribution < 1.29 is 19.5 Å². The van der Waals surface area contributed by atoms with Gasteiger partial charge in [0.25, 0.3) is 0 Å². The van der Waals surface area contributed by atoms with Gasteiger partial charge in [-0.2, -0.15) is 0 Å². The number of carbonyl (C=O) groups excluding carboxylic acids is 3. The number of nitrogens with zero attached hydrogens (tertiary/aromatic N) is 1. The number of fused-ring (bicyclic) bond motifs is 1. The summed E-state index contributed by atoms with van der Waals surface area (Å²) in [6, 6.07) is 9.15. The molecular formula is C26H36BrN3O4S. The first kappa shape index (κ1) is 26.5. The molecule has 3 N–H and O–H groups in total. The predicted octanol–water partition coefficient (Wildman–Crippen LogP) is 2.84. The molecule has 1 aromatic rings. The second kappa shape index (κ2) is 11.2. The minimum absolute atomic E-state index is 0.0192. The average Bonchev–Trinajstić information content (AvgIpc) is 3.42. The quantitative estimate of drug-likeness (QED) is 0.283. The van der Waals surface area contributed by atoms with E-state index in [4.69, 9.17) is 0 Å². The van der Waals surface area contributed by atoms with Crippen LogP contribution in [0.4, 0.5) is 0 Å². The number of thioether (sulfide) groups is 1. The Bertz CT molecular complexity index is 934. The second-order valence-electron chi connectivity index (χ2n) is 10.0. The number of carbonyl (C=O) groups is 3. The molecule has 0 aliphatic carbocycles. The third-order valence-electron chi connectivity index (χ3n) is 7.57. The highest BCUT2D eigenvalue weighted by Crippen LogP contribution is 2.67. The van der Waals surface area contributed by atoms with E-state index in [0.717, 1.165) is 18.4 Å². The number of unbranched alkanes of at least 4 members (excludes halogenated alkanes) is 1. The highest BCUT2D eigenvalue weighted by Gasteiger charge is 2.75. The van der Waals surface area contributed by atoms with Gasteiger partial charge < -0.3 is 20.6 Å². The average molecular weight is 567 g/mol. The van der Waals surface area contributed by atoms with Crippen molar-refractivity contribution in [2.45, 2.75) is 79.4 Å². The Labute approximate surface area is 220 Å². The van der Waals surface area contributed by atoms with Crippen molar-refractivity contribution in [2.75, 3.05) is 13.2 Å². The molecule has 3 aliphatic rings. The first-order valence-electron chi connectivity index (χ1n) is 12.7. The number of alkyl halides is 1. The van der Waals surface area contributed by atoms with Crippen molar-refractivity contribution in [3.63, 3.8) is 0 Å². The highest BCUT2D eigenvalue weighted by atomic mass is 79.9. The summed E-state index contributed by atoms with van der Waals surface area (Å²) >= 11 is 5.45. The standard InChI is InChI=1S/C26H36BrN3O4S/c1-3-9-16(2)29-24(33)22-26-14-18(27)21(35-26)19(20(26)25(34)30(22)12-7-8-13-31)23(32)28-15-17-10-5-4-6-11-17/h4-6,10-11,16,18-22,31H,3,7-9,12-15H2,1-2H3,(H,28,32)(H,29,33)/t16?,18?,19-,20+,21-,22?,26?/m1/s1. The minimum atomic E-state index is -0.625. The molecule has 0 radical (unpaired) electrons. The number of aliphatic hydroxyl groups is 1. The Hall–Kier alpha value is -1.58. The van der Waals surface area contributed by atoms with Gasteiger partial charge in [0.05, 0.1) is 16.6 Å². The summed E-state index contributed by atoms with van der Waals surface area (Å²) in [7, 11) is 0. The van der Waals surface area contributed by atoms with Crippen LogP contribution in [0.25, 0.3) is 0 Å². The first-order chi connectivity index (χ1) is 16.8. The Balaban J connectivity index is 1.60. The van der Waals surface area contributed by atoms with E-state index in [-0.39, 0.29) is 40.4 Å². The van der Waals surface area contributed by atoms with Gasteiger partial charge in [0.15, 0.2) is 0 Å². The third kappa shape index (κ3) is 5.01. The Morgan fingerprint density at radius 3 is 2.69 bits per heavy atom. The zero-order chi connectivity index (χ0) is 25.2. The van der Waals surface area contributed by atoms with Crippen molar-refractivity contribution >= 4 is 45.4 Å². The van der Waals surface area contributed by atoms with E-state index in [2.05, 4.69) is 33.5 Å². The number of rotatable bonds is 11. The molecule has 1 spiro atoms. The van der Waals surface area contributed by atoms with Gasteiger partial charge in [0.2, 0.25) is 17.7 Å². The zero-order valence-corrected chi connectivity index (χ0v) is 22.8. The van der Waals surface area contributed by atoms with Crippen LogP contribution >= 0.6 is 27.7 Å². The number of nitrogens with one attached hydrogen (secondary N) is 2. The van der Waals surface area contributed by atoms with E-state index < -0.39 is 22.6 Å². The third-order valence-corrected chi connectivity index (χ3v) is 10.8. The molecular weight excluding hydrogens is 530 g/mol. The van der Waals surface area contributed by atoms with Crippen molar-refractivity contribution in [3.8, 4) is 0 Å². The van der Waals surface area contributed by atoms with Crippen LogP contribution < -0.4 is 10.6 Å². The van der Waals surface area contributed by atoms with Gasteiger partial charge >= 0.3 is 0 Å². The monoisotopic (exact) mass is 565 g/mol. The van der Waals surface area contributed by atoms with Gasteiger partial charge in [0.1, 0.15) is 6.04 Å². The van der Waals surface area contributed by atoms with Crippen LogP contribution in [-0.4, -0.2) is 67.8 Å². The van der Waals surface area contributed by atoms with Crippen molar-refractivity contribution in [1.82, 2.24) is 15.5 Å². The number of hydrogen-bond donors (Lipinski definition) is 3. The van der Waals surface area contributed by atoms with Gasteiger partial charge in [-0.1, -0.05) is 59.6 Å². The summed E-state index contributed by atoms with van der Waals surface area (Å²) in [5.41, 5.74) is 1.01. The predicted molar refractivity (Wildman–Crippen MR) is 141 cm³/mol. The molecule has 4 unspecified atom stereocenters. The van der Waals surface area contributed by atoms with Crippen LogP contribution in [-0.2, 0) is 20.9 Å². The number of amides is 3. The molecule has 3 saturated heterocycles. The highest BCUT2D eigenvalue weighted by molar-refractivity contribution is 9.09. The van der Waals surface area contributed by atoms with E-state index in [1.807, 2.05) is 37.3 Å². The normalized spacial score (nSPS) is 31.9. The summed E-state index contributed by atoms with van der Waals surface area (Å²) in [6.45, 7) is 4.95. The van der Waals surface area contributed by atoms with Crippen molar-refractivity contribution in [1.29, 1.82) is 0 Å². The topological polar surface area (TPSA) is 98.7 Å². The molecule has 35 heavy (non-hydrogen) atoms. The lowest BCUT2D eigenvalue weighted by Crippen LogP contribution is -2.56. The summed E-state index contributed by atoms with van der Waals surface area (Å²) in [4.78, 5) is 42.8. The van der Waals surface area contributed by atoms with E-state index in [1.165, 1.54) is 0 Å². The molecule has 1 aromatic carbocycles. The molecule has 7 nitrogen and oxygen atoms in total. The Morgan fingerprint density at radius 1 is 1.26 bits per heavy atom. The zero-order valence-electron chi connectivity index (χ0n) is 20.4. The van der Waals surface area contributed by atoms with Crippen LogP contribution in [0.2, 0.25) is 0 Å². The molecule has 192 valence electrons. The van der Waals surface area contributed by atoms with Crippen LogP contribution in [0.15, 0.2) is 30.3 Å². The molecule has 2 bridgehead atoms. The fourth-order valence-corrected chi connectivity index (χ4v) is 9.71. The largest absolute Gasteiger partial charge is 0.396 e. The smallest absolute Gasteiger partial charge is 0.244 e. The number of halogens is 1. The van der Waals surface area contributed by atoms with Crippen LogP contribution in [0.3, 0.4) is 0 Å². The Morgan fingerprint density at radius 2 is 2.00 bits per heavy atom. The maximum atomic E-state index is 13.9. The second-order valence-corrected chi connectivity index (χ2v) is 12.7. The fraction of sp³-hybridized carbons (Fsp3) is 0.654. The van der Waals surface area contributed by atoms with E-state index >= 15 is 0 Å². The minimum Gasteiger partial charge on any atom is -0.396 e. The SMILES string of the molecule is CCCC(C)NC(=O)C1N(CCCCO)C(=O)[C@@H]2[C@@H](C(=O)NCc3ccccc3)[C@@H]3SC12CC3Br. The van der Waals surface area contributed by atoms with Crippen molar-refractivity contribution in [2.24, 2.45) is 11.8 Å². The summed E-state index contributed by atoms with van der Waals surface area (Å²) in [5, 5.41) is 15.4.